The van der Waals surface area contributed by atoms with Crippen LogP contribution in [0.1, 0.15) is 45.6 Å². The van der Waals surface area contributed by atoms with E-state index < -0.39 is 54.0 Å². The summed E-state index contributed by atoms with van der Waals surface area (Å²) in [7, 11) is 0. The van der Waals surface area contributed by atoms with Crippen LogP contribution in [0.5, 0.6) is 0 Å². The van der Waals surface area contributed by atoms with Crippen LogP contribution in [0.15, 0.2) is 30.3 Å². The minimum Gasteiger partial charge on any atom is -0.480 e. The maximum Gasteiger partial charge on any atom is 0.326 e. The van der Waals surface area contributed by atoms with Crippen molar-refractivity contribution in [2.24, 2.45) is 11.7 Å². The number of hydrogen-bond donors (Lipinski definition) is 5. The number of nitrogens with one attached hydrogen (secondary N) is 2. The van der Waals surface area contributed by atoms with Gasteiger partial charge in [-0.3, -0.25) is 14.4 Å². The highest BCUT2D eigenvalue weighted by Crippen LogP contribution is 2.21. The number of carboxylic acid groups (broad SMARTS) is 1. The van der Waals surface area contributed by atoms with Crippen molar-refractivity contribution in [1.82, 2.24) is 15.5 Å². The molecule has 3 amide bonds. The van der Waals surface area contributed by atoms with Gasteiger partial charge >= 0.3 is 5.97 Å². The molecule has 1 aliphatic rings. The highest BCUT2D eigenvalue weighted by atomic mass is 16.4. The average Bonchev–Trinajstić information content (AvgIpc) is 3.30. The second-order valence-corrected chi connectivity index (χ2v) is 8.92. The van der Waals surface area contributed by atoms with Crippen molar-refractivity contribution in [3.05, 3.63) is 35.9 Å². The van der Waals surface area contributed by atoms with E-state index in [1.54, 1.807) is 6.92 Å². The minimum atomic E-state index is -1.33. The van der Waals surface area contributed by atoms with Crippen LogP contribution in [0.4, 0.5) is 0 Å². The van der Waals surface area contributed by atoms with E-state index in [1.165, 1.54) is 11.8 Å². The Labute approximate surface area is 199 Å². The van der Waals surface area contributed by atoms with E-state index in [2.05, 4.69) is 10.6 Å². The summed E-state index contributed by atoms with van der Waals surface area (Å²) in [5.74, 6) is -3.20. The Morgan fingerprint density at radius 1 is 1.09 bits per heavy atom. The number of amides is 3. The van der Waals surface area contributed by atoms with Crippen molar-refractivity contribution >= 4 is 23.7 Å². The van der Waals surface area contributed by atoms with Crippen molar-refractivity contribution < 1.29 is 29.4 Å². The van der Waals surface area contributed by atoms with Crippen LogP contribution in [0.2, 0.25) is 0 Å². The standard InChI is InChI=1S/C24H36N4O6/c1-4-14(2)19(23(32)28-12-8-11-18(28)24(33)34)26-22(31)20(15(3)29)27-21(30)17(25)13-16-9-6-5-7-10-16/h5-7,9-10,14-15,17-20,29H,4,8,11-13,25H2,1-3H3,(H,26,31)(H,27,30)(H,33,34). The number of likely N-dealkylation sites (tertiary alicyclic amines) is 1. The van der Waals surface area contributed by atoms with Crippen LogP contribution < -0.4 is 16.4 Å². The van der Waals surface area contributed by atoms with Gasteiger partial charge in [0, 0.05) is 6.54 Å². The number of rotatable bonds is 11. The fourth-order valence-electron chi connectivity index (χ4n) is 4.02. The Morgan fingerprint density at radius 2 is 1.71 bits per heavy atom. The molecule has 6 atom stereocenters. The zero-order chi connectivity index (χ0) is 25.4. The Hall–Kier alpha value is -2.98. The Kier molecular flexibility index (Phi) is 10.0. The number of nitrogens with two attached hydrogens (primary N) is 1. The van der Waals surface area contributed by atoms with E-state index in [9.17, 15) is 29.4 Å². The monoisotopic (exact) mass is 476 g/mol. The van der Waals surface area contributed by atoms with Crippen LogP contribution >= 0.6 is 0 Å². The van der Waals surface area contributed by atoms with Gasteiger partial charge in [-0.05, 0) is 37.7 Å². The maximum absolute atomic E-state index is 13.2. The minimum absolute atomic E-state index is 0.250. The van der Waals surface area contributed by atoms with Gasteiger partial charge in [-0.1, -0.05) is 50.6 Å². The van der Waals surface area contributed by atoms with Crippen molar-refractivity contribution in [3.8, 4) is 0 Å². The number of benzene rings is 1. The smallest absolute Gasteiger partial charge is 0.326 e. The van der Waals surface area contributed by atoms with E-state index in [0.717, 1.165) is 5.56 Å². The Morgan fingerprint density at radius 3 is 2.26 bits per heavy atom. The molecule has 34 heavy (non-hydrogen) atoms. The van der Waals surface area contributed by atoms with Gasteiger partial charge in [0.05, 0.1) is 12.1 Å². The lowest BCUT2D eigenvalue weighted by molar-refractivity contribution is -0.150. The fraction of sp³-hybridized carbons (Fsp3) is 0.583. The first kappa shape index (κ1) is 27.3. The molecule has 6 N–H and O–H groups in total. The van der Waals surface area contributed by atoms with Crippen molar-refractivity contribution in [3.63, 3.8) is 0 Å². The zero-order valence-corrected chi connectivity index (χ0v) is 19.9. The highest BCUT2D eigenvalue weighted by molar-refractivity contribution is 5.94. The third-order valence-corrected chi connectivity index (χ3v) is 6.30. The van der Waals surface area contributed by atoms with Crippen LogP contribution in [0.3, 0.4) is 0 Å². The summed E-state index contributed by atoms with van der Waals surface area (Å²) in [6.07, 6.45) is 0.471. The largest absolute Gasteiger partial charge is 0.480 e. The molecule has 10 nitrogen and oxygen atoms in total. The molecule has 0 saturated carbocycles. The molecule has 0 spiro atoms. The molecule has 0 bridgehead atoms. The third-order valence-electron chi connectivity index (χ3n) is 6.30. The van der Waals surface area contributed by atoms with Gasteiger partial charge in [0.25, 0.3) is 0 Å². The normalized spacial score (nSPS) is 20.0. The summed E-state index contributed by atoms with van der Waals surface area (Å²) in [5, 5.41) is 24.8. The van der Waals surface area contributed by atoms with Gasteiger partial charge < -0.3 is 31.5 Å². The molecule has 1 aromatic carbocycles. The predicted octanol–water partition coefficient (Wildman–Crippen LogP) is 0.0285. The zero-order valence-electron chi connectivity index (χ0n) is 19.9. The highest BCUT2D eigenvalue weighted by Gasteiger charge is 2.40. The van der Waals surface area contributed by atoms with Crippen LogP contribution in [0.25, 0.3) is 0 Å². The Bertz CT molecular complexity index is 862. The first-order valence-corrected chi connectivity index (χ1v) is 11.7. The molecule has 1 aliphatic heterocycles. The summed E-state index contributed by atoms with van der Waals surface area (Å²) < 4.78 is 0. The van der Waals surface area contributed by atoms with Crippen LogP contribution in [-0.4, -0.2) is 75.6 Å². The van der Waals surface area contributed by atoms with E-state index >= 15 is 0 Å². The van der Waals surface area contributed by atoms with Gasteiger partial charge in [-0.25, -0.2) is 4.79 Å². The van der Waals surface area contributed by atoms with Crippen molar-refractivity contribution in [2.75, 3.05) is 6.54 Å². The summed E-state index contributed by atoms with van der Waals surface area (Å²) >= 11 is 0. The number of carbonyl (C=O) groups is 4. The van der Waals surface area contributed by atoms with E-state index in [0.29, 0.717) is 25.8 Å². The van der Waals surface area contributed by atoms with Crippen LogP contribution in [-0.2, 0) is 25.6 Å². The van der Waals surface area contributed by atoms with Crippen molar-refractivity contribution in [1.29, 1.82) is 0 Å². The number of carbonyl (C=O) groups excluding carboxylic acids is 3. The van der Waals surface area contributed by atoms with Gasteiger partial charge in [0.15, 0.2) is 0 Å². The molecule has 0 aliphatic carbocycles. The second kappa shape index (κ2) is 12.5. The molecule has 10 heteroatoms. The first-order valence-electron chi connectivity index (χ1n) is 11.7. The van der Waals surface area contributed by atoms with Gasteiger partial charge in [0.1, 0.15) is 18.1 Å². The van der Waals surface area contributed by atoms with Crippen LogP contribution in [0, 0.1) is 5.92 Å². The third kappa shape index (κ3) is 7.01. The SMILES string of the molecule is CCC(C)C(NC(=O)C(NC(=O)C(N)Cc1ccccc1)C(C)O)C(=O)N1CCCC1C(=O)O. The molecule has 6 unspecified atom stereocenters. The van der Waals surface area contributed by atoms with Gasteiger partial charge in [0.2, 0.25) is 17.7 Å². The summed E-state index contributed by atoms with van der Waals surface area (Å²) in [4.78, 5) is 51.7. The average molecular weight is 477 g/mol. The molecular weight excluding hydrogens is 440 g/mol. The predicted molar refractivity (Wildman–Crippen MR) is 125 cm³/mol. The molecule has 0 radical (unpaired) electrons. The lowest BCUT2D eigenvalue weighted by atomic mass is 9.96. The lowest BCUT2D eigenvalue weighted by Gasteiger charge is -2.32. The number of nitrogens with zero attached hydrogens (tertiary/aromatic N) is 1. The number of aliphatic hydroxyl groups excluding tert-OH is 1. The quantitative estimate of drug-likeness (QED) is 0.301. The van der Waals surface area contributed by atoms with E-state index in [1.807, 2.05) is 37.3 Å². The van der Waals surface area contributed by atoms with E-state index in [-0.39, 0.29) is 12.3 Å². The molecular formula is C24H36N4O6. The molecule has 1 fully saturated rings. The fourth-order valence-corrected chi connectivity index (χ4v) is 4.02. The topological polar surface area (TPSA) is 162 Å². The molecule has 1 heterocycles. The second-order valence-electron chi connectivity index (χ2n) is 8.92. The maximum atomic E-state index is 13.2. The number of aliphatic hydroxyl groups is 1. The number of carboxylic acids is 1. The molecule has 0 aromatic heterocycles. The Balaban J connectivity index is 2.11. The molecule has 1 aromatic rings. The van der Waals surface area contributed by atoms with Gasteiger partial charge in [-0.2, -0.15) is 0 Å². The van der Waals surface area contributed by atoms with Gasteiger partial charge in [-0.15, -0.1) is 0 Å². The number of aliphatic carboxylic acids is 1. The number of hydrogen-bond acceptors (Lipinski definition) is 6. The summed E-state index contributed by atoms with van der Waals surface area (Å²) in [6.45, 7) is 5.28. The molecule has 188 valence electrons. The first-order chi connectivity index (χ1) is 16.1. The van der Waals surface area contributed by atoms with E-state index in [4.69, 9.17) is 5.73 Å². The lowest BCUT2D eigenvalue weighted by Crippen LogP contribution is -2.61. The summed E-state index contributed by atoms with van der Waals surface area (Å²) in [5.41, 5.74) is 6.85. The van der Waals surface area contributed by atoms with Crippen molar-refractivity contribution in [2.45, 2.75) is 76.7 Å². The molecule has 1 saturated heterocycles. The summed E-state index contributed by atoms with van der Waals surface area (Å²) in [6, 6.07) is 4.97. The molecule has 2 rings (SSSR count).